The molecule has 2 rings (SSSR count). The summed E-state index contributed by atoms with van der Waals surface area (Å²) in [5, 5.41) is 0. The van der Waals surface area contributed by atoms with E-state index in [1.54, 1.807) is 0 Å². The van der Waals surface area contributed by atoms with Crippen molar-refractivity contribution in [2.45, 2.75) is 58.0 Å². The molecule has 1 fully saturated rings. The Hall–Kier alpha value is -0.860. The maximum atomic E-state index is 6.38. The fourth-order valence-electron chi connectivity index (χ4n) is 3.62. The summed E-state index contributed by atoms with van der Waals surface area (Å²) in [6.45, 7) is 5.66. The zero-order valence-electron chi connectivity index (χ0n) is 13.3. The molecule has 0 heterocycles. The van der Waals surface area contributed by atoms with Crippen LogP contribution in [0, 0.1) is 12.8 Å². The van der Waals surface area contributed by atoms with Crippen molar-refractivity contribution in [3.63, 3.8) is 0 Å². The SMILES string of the molecule is Cc1ccccc1C(N)CCN(C)C1CCCCC1C. The van der Waals surface area contributed by atoms with Crippen LogP contribution in [0.2, 0.25) is 0 Å². The van der Waals surface area contributed by atoms with Crippen LogP contribution in [-0.4, -0.2) is 24.5 Å². The second kappa shape index (κ2) is 7.24. The molecule has 2 heteroatoms. The van der Waals surface area contributed by atoms with Crippen LogP contribution in [0.5, 0.6) is 0 Å². The van der Waals surface area contributed by atoms with Crippen LogP contribution in [0.3, 0.4) is 0 Å². The smallest absolute Gasteiger partial charge is 0.0309 e. The van der Waals surface area contributed by atoms with Gasteiger partial charge in [-0.3, -0.25) is 0 Å². The number of hydrogen-bond acceptors (Lipinski definition) is 2. The first kappa shape index (κ1) is 15.5. The molecule has 2 N–H and O–H groups in total. The van der Waals surface area contributed by atoms with E-state index in [4.69, 9.17) is 5.73 Å². The largest absolute Gasteiger partial charge is 0.324 e. The highest BCUT2D eigenvalue weighted by molar-refractivity contribution is 5.28. The van der Waals surface area contributed by atoms with E-state index in [9.17, 15) is 0 Å². The van der Waals surface area contributed by atoms with Crippen LogP contribution in [-0.2, 0) is 0 Å². The molecule has 3 unspecified atom stereocenters. The highest BCUT2D eigenvalue weighted by Crippen LogP contribution is 2.28. The predicted octanol–water partition coefficient (Wildman–Crippen LogP) is 3.90. The van der Waals surface area contributed by atoms with E-state index < -0.39 is 0 Å². The lowest BCUT2D eigenvalue weighted by Gasteiger charge is -2.36. The molecule has 3 atom stereocenters. The Morgan fingerprint density at radius 2 is 1.95 bits per heavy atom. The van der Waals surface area contributed by atoms with Gasteiger partial charge in [-0.2, -0.15) is 0 Å². The van der Waals surface area contributed by atoms with E-state index in [2.05, 4.69) is 50.1 Å². The first-order valence-electron chi connectivity index (χ1n) is 8.11. The molecule has 0 radical (unpaired) electrons. The standard InChI is InChI=1S/C18H30N2/c1-14-8-4-6-10-16(14)17(19)12-13-20(3)18-11-7-5-9-15(18)2/h4,6,8,10,15,17-18H,5,7,9,11-13,19H2,1-3H3. The van der Waals surface area contributed by atoms with Gasteiger partial charge in [0.1, 0.15) is 0 Å². The summed E-state index contributed by atoms with van der Waals surface area (Å²) in [5.74, 6) is 0.837. The number of hydrogen-bond donors (Lipinski definition) is 1. The number of nitrogens with zero attached hydrogens (tertiary/aromatic N) is 1. The molecule has 0 spiro atoms. The molecule has 0 bridgehead atoms. The first-order valence-corrected chi connectivity index (χ1v) is 8.11. The molecule has 0 aliphatic heterocycles. The van der Waals surface area contributed by atoms with Crippen LogP contribution in [0.15, 0.2) is 24.3 Å². The Morgan fingerprint density at radius 3 is 2.65 bits per heavy atom. The fraction of sp³-hybridized carbons (Fsp3) is 0.667. The molecule has 0 saturated heterocycles. The van der Waals surface area contributed by atoms with Crippen molar-refractivity contribution in [3.05, 3.63) is 35.4 Å². The second-order valence-corrected chi connectivity index (χ2v) is 6.56. The zero-order valence-corrected chi connectivity index (χ0v) is 13.3. The highest BCUT2D eigenvalue weighted by atomic mass is 15.1. The van der Waals surface area contributed by atoms with E-state index in [0.29, 0.717) is 0 Å². The third-order valence-electron chi connectivity index (χ3n) is 5.01. The minimum atomic E-state index is 0.164. The summed E-state index contributed by atoms with van der Waals surface area (Å²) in [7, 11) is 2.27. The van der Waals surface area contributed by atoms with Crippen molar-refractivity contribution in [2.24, 2.45) is 11.7 Å². The lowest BCUT2D eigenvalue weighted by molar-refractivity contribution is 0.136. The topological polar surface area (TPSA) is 29.3 Å². The zero-order chi connectivity index (χ0) is 14.5. The number of benzene rings is 1. The molecular formula is C18H30N2. The predicted molar refractivity (Wildman–Crippen MR) is 86.8 cm³/mol. The second-order valence-electron chi connectivity index (χ2n) is 6.56. The van der Waals surface area contributed by atoms with Crippen molar-refractivity contribution >= 4 is 0 Å². The lowest BCUT2D eigenvalue weighted by atomic mass is 9.85. The number of aryl methyl sites for hydroxylation is 1. The van der Waals surface area contributed by atoms with Gasteiger partial charge in [0, 0.05) is 12.1 Å². The maximum Gasteiger partial charge on any atom is 0.0309 e. The van der Waals surface area contributed by atoms with E-state index >= 15 is 0 Å². The van der Waals surface area contributed by atoms with Gasteiger partial charge in [0.25, 0.3) is 0 Å². The van der Waals surface area contributed by atoms with Crippen molar-refractivity contribution in [3.8, 4) is 0 Å². The summed E-state index contributed by atoms with van der Waals surface area (Å²) in [4.78, 5) is 2.54. The molecule has 20 heavy (non-hydrogen) atoms. The van der Waals surface area contributed by atoms with Gasteiger partial charge in [0.15, 0.2) is 0 Å². The highest BCUT2D eigenvalue weighted by Gasteiger charge is 2.25. The van der Waals surface area contributed by atoms with Gasteiger partial charge < -0.3 is 10.6 Å². The van der Waals surface area contributed by atoms with E-state index in [-0.39, 0.29) is 6.04 Å². The van der Waals surface area contributed by atoms with Crippen molar-refractivity contribution in [1.82, 2.24) is 4.90 Å². The van der Waals surface area contributed by atoms with Crippen LogP contribution >= 0.6 is 0 Å². The molecule has 1 aromatic rings. The molecule has 1 aromatic carbocycles. The average molecular weight is 274 g/mol. The fourth-order valence-corrected chi connectivity index (χ4v) is 3.62. The normalized spacial score (nSPS) is 24.9. The maximum absolute atomic E-state index is 6.38. The van der Waals surface area contributed by atoms with Gasteiger partial charge in [-0.25, -0.2) is 0 Å². The van der Waals surface area contributed by atoms with E-state index in [1.165, 1.54) is 36.8 Å². The van der Waals surface area contributed by atoms with Gasteiger partial charge in [-0.05, 0) is 56.8 Å². The first-order chi connectivity index (χ1) is 9.59. The van der Waals surface area contributed by atoms with Gasteiger partial charge >= 0.3 is 0 Å². The number of rotatable bonds is 5. The molecule has 1 aliphatic carbocycles. The van der Waals surface area contributed by atoms with Gasteiger partial charge in [-0.15, -0.1) is 0 Å². The van der Waals surface area contributed by atoms with E-state index in [1.807, 2.05) is 0 Å². The third kappa shape index (κ3) is 3.83. The lowest BCUT2D eigenvalue weighted by Crippen LogP contribution is -2.40. The minimum Gasteiger partial charge on any atom is -0.324 e. The molecule has 1 saturated carbocycles. The molecule has 0 aromatic heterocycles. The van der Waals surface area contributed by atoms with Gasteiger partial charge in [0.2, 0.25) is 0 Å². The quantitative estimate of drug-likeness (QED) is 0.882. The third-order valence-corrected chi connectivity index (χ3v) is 5.01. The van der Waals surface area contributed by atoms with E-state index in [0.717, 1.165) is 24.9 Å². The van der Waals surface area contributed by atoms with Gasteiger partial charge in [-0.1, -0.05) is 44.0 Å². The Kier molecular flexibility index (Phi) is 5.62. The summed E-state index contributed by atoms with van der Waals surface area (Å²) in [6.07, 6.45) is 6.60. The minimum absolute atomic E-state index is 0.164. The van der Waals surface area contributed by atoms with Crippen molar-refractivity contribution in [2.75, 3.05) is 13.6 Å². The Balaban J connectivity index is 1.86. The van der Waals surface area contributed by atoms with Crippen LogP contribution in [0.4, 0.5) is 0 Å². The van der Waals surface area contributed by atoms with Crippen LogP contribution < -0.4 is 5.73 Å². The molecule has 1 aliphatic rings. The van der Waals surface area contributed by atoms with Crippen LogP contribution in [0.25, 0.3) is 0 Å². The van der Waals surface area contributed by atoms with Crippen LogP contribution in [0.1, 0.15) is 56.2 Å². The van der Waals surface area contributed by atoms with Crippen molar-refractivity contribution < 1.29 is 0 Å². The summed E-state index contributed by atoms with van der Waals surface area (Å²) < 4.78 is 0. The molecule has 0 amide bonds. The Morgan fingerprint density at radius 1 is 1.25 bits per heavy atom. The Bertz CT molecular complexity index is 416. The van der Waals surface area contributed by atoms with Gasteiger partial charge in [0.05, 0.1) is 0 Å². The summed E-state index contributed by atoms with van der Waals surface area (Å²) in [5.41, 5.74) is 9.00. The average Bonchev–Trinajstić information content (AvgIpc) is 2.45. The molecule has 2 nitrogen and oxygen atoms in total. The molecule has 112 valence electrons. The molecular weight excluding hydrogens is 244 g/mol. The monoisotopic (exact) mass is 274 g/mol. The van der Waals surface area contributed by atoms with Crippen molar-refractivity contribution in [1.29, 1.82) is 0 Å². The summed E-state index contributed by atoms with van der Waals surface area (Å²) >= 11 is 0. The number of nitrogens with two attached hydrogens (primary N) is 1. The Labute approximate surface area is 124 Å². The summed E-state index contributed by atoms with van der Waals surface area (Å²) in [6, 6.07) is 9.42.